The van der Waals surface area contributed by atoms with Crippen molar-refractivity contribution < 1.29 is 5.11 Å². The molecule has 0 aromatic rings. The van der Waals surface area contributed by atoms with Crippen LogP contribution in [0.2, 0.25) is 0 Å². The van der Waals surface area contributed by atoms with Gasteiger partial charge in [0.15, 0.2) is 0 Å². The fourth-order valence-corrected chi connectivity index (χ4v) is 4.33. The Morgan fingerprint density at radius 2 is 1.70 bits per heavy atom. The Morgan fingerprint density at radius 1 is 1.15 bits per heavy atom. The van der Waals surface area contributed by atoms with E-state index < -0.39 is 5.60 Å². The fraction of sp³-hybridized carbons (Fsp3) is 1.00. The summed E-state index contributed by atoms with van der Waals surface area (Å²) in [4.78, 5) is 2.51. The number of hydrogen-bond donors (Lipinski definition) is 2. The monoisotopic (exact) mass is 282 g/mol. The van der Waals surface area contributed by atoms with Crippen molar-refractivity contribution in [3.63, 3.8) is 0 Å². The van der Waals surface area contributed by atoms with E-state index in [2.05, 4.69) is 25.7 Å². The third-order valence-electron chi connectivity index (χ3n) is 5.92. The number of nitrogens with zero attached hydrogens (tertiary/aromatic N) is 1. The minimum Gasteiger partial charge on any atom is -0.389 e. The second-order valence-corrected chi connectivity index (χ2v) is 7.89. The molecule has 1 heterocycles. The maximum absolute atomic E-state index is 11.3. The zero-order valence-electron chi connectivity index (χ0n) is 13.7. The molecule has 0 atom stereocenters. The molecule has 0 amide bonds. The van der Waals surface area contributed by atoms with Gasteiger partial charge in [0, 0.05) is 31.6 Å². The number of nitrogens with two attached hydrogens (primary N) is 1. The van der Waals surface area contributed by atoms with E-state index in [9.17, 15) is 5.11 Å². The summed E-state index contributed by atoms with van der Waals surface area (Å²) >= 11 is 0. The van der Waals surface area contributed by atoms with Crippen LogP contribution in [0.4, 0.5) is 0 Å². The first kappa shape index (κ1) is 16.3. The molecule has 2 aliphatic rings. The first-order valence-corrected chi connectivity index (χ1v) is 8.56. The highest BCUT2D eigenvalue weighted by Gasteiger charge is 2.51. The van der Waals surface area contributed by atoms with Crippen LogP contribution in [0.5, 0.6) is 0 Å². The van der Waals surface area contributed by atoms with Crippen LogP contribution in [0, 0.1) is 17.3 Å². The van der Waals surface area contributed by atoms with Gasteiger partial charge in [0.1, 0.15) is 0 Å². The molecule has 3 N–H and O–H groups in total. The number of piperidine rings is 1. The van der Waals surface area contributed by atoms with Crippen LogP contribution in [-0.4, -0.2) is 41.8 Å². The Kier molecular flexibility index (Phi) is 5.14. The molecule has 3 nitrogen and oxygen atoms in total. The van der Waals surface area contributed by atoms with Crippen LogP contribution >= 0.6 is 0 Å². The Bertz CT molecular complexity index is 300. The minimum atomic E-state index is -0.518. The van der Waals surface area contributed by atoms with Gasteiger partial charge in [-0.15, -0.1) is 0 Å². The number of hydrogen-bond acceptors (Lipinski definition) is 3. The van der Waals surface area contributed by atoms with Gasteiger partial charge in [-0.3, -0.25) is 0 Å². The van der Waals surface area contributed by atoms with Crippen LogP contribution in [0.1, 0.15) is 59.3 Å². The smallest absolute Gasteiger partial charge is 0.0740 e. The molecule has 2 rings (SSSR count). The summed E-state index contributed by atoms with van der Waals surface area (Å²) in [5.74, 6) is 1.51. The van der Waals surface area contributed by atoms with Gasteiger partial charge < -0.3 is 15.7 Å². The van der Waals surface area contributed by atoms with E-state index in [0.717, 1.165) is 51.2 Å². The zero-order chi connectivity index (χ0) is 14.8. The van der Waals surface area contributed by atoms with Gasteiger partial charge in [0.05, 0.1) is 5.60 Å². The van der Waals surface area contributed by atoms with Crippen molar-refractivity contribution in [3.05, 3.63) is 0 Å². The number of rotatable bonds is 4. The van der Waals surface area contributed by atoms with Gasteiger partial charge in [-0.2, -0.15) is 0 Å². The number of likely N-dealkylation sites (tertiary alicyclic amines) is 1. The second kappa shape index (κ2) is 6.33. The van der Waals surface area contributed by atoms with Crippen LogP contribution in [0.3, 0.4) is 0 Å². The molecule has 0 aromatic heterocycles. The molecular formula is C17H34N2O. The Balaban J connectivity index is 2.00. The molecule has 1 saturated carbocycles. The highest BCUT2D eigenvalue weighted by molar-refractivity contribution is 5.04. The Labute approximate surface area is 124 Å². The maximum Gasteiger partial charge on any atom is 0.0740 e. The van der Waals surface area contributed by atoms with Crippen LogP contribution in [0.25, 0.3) is 0 Å². The molecule has 2 fully saturated rings. The van der Waals surface area contributed by atoms with E-state index >= 15 is 0 Å². The molecular weight excluding hydrogens is 248 g/mol. The third-order valence-corrected chi connectivity index (χ3v) is 5.92. The second-order valence-electron chi connectivity index (χ2n) is 7.89. The average Bonchev–Trinajstić information content (AvgIpc) is 2.42. The van der Waals surface area contributed by atoms with Gasteiger partial charge in [-0.05, 0) is 37.5 Å². The minimum absolute atomic E-state index is 0.0105. The SMILES string of the molecule is CC(C)CN1CCC(O)(C2(CN)CCC(C)CC2)CC1. The van der Waals surface area contributed by atoms with Gasteiger partial charge in [0.2, 0.25) is 0 Å². The average molecular weight is 282 g/mol. The molecule has 0 bridgehead atoms. The summed E-state index contributed by atoms with van der Waals surface area (Å²) in [5, 5.41) is 11.3. The molecule has 0 aromatic carbocycles. The zero-order valence-corrected chi connectivity index (χ0v) is 13.7. The topological polar surface area (TPSA) is 49.5 Å². The maximum atomic E-state index is 11.3. The normalized spacial score (nSPS) is 35.4. The molecule has 1 aliphatic heterocycles. The van der Waals surface area contributed by atoms with Crippen molar-refractivity contribution in [3.8, 4) is 0 Å². The van der Waals surface area contributed by atoms with E-state index in [1.807, 2.05) is 0 Å². The van der Waals surface area contributed by atoms with Crippen molar-refractivity contribution in [1.82, 2.24) is 4.90 Å². The van der Waals surface area contributed by atoms with E-state index in [0.29, 0.717) is 12.5 Å². The molecule has 0 radical (unpaired) electrons. The third kappa shape index (κ3) is 3.20. The predicted octanol–water partition coefficient (Wildman–Crippen LogP) is 2.62. The van der Waals surface area contributed by atoms with Gasteiger partial charge in [-0.25, -0.2) is 0 Å². The lowest BCUT2D eigenvalue weighted by Crippen LogP contribution is -2.59. The first-order valence-electron chi connectivity index (χ1n) is 8.56. The van der Waals surface area contributed by atoms with Crippen LogP contribution in [-0.2, 0) is 0 Å². The van der Waals surface area contributed by atoms with Gasteiger partial charge in [0.25, 0.3) is 0 Å². The van der Waals surface area contributed by atoms with Crippen molar-refractivity contribution in [1.29, 1.82) is 0 Å². The lowest BCUT2D eigenvalue weighted by molar-refractivity contribution is -0.136. The van der Waals surface area contributed by atoms with Crippen LogP contribution < -0.4 is 5.73 Å². The predicted molar refractivity (Wildman–Crippen MR) is 84.6 cm³/mol. The quantitative estimate of drug-likeness (QED) is 0.833. The molecule has 0 unspecified atom stereocenters. The number of aliphatic hydroxyl groups is 1. The molecule has 1 aliphatic carbocycles. The highest BCUT2D eigenvalue weighted by atomic mass is 16.3. The van der Waals surface area contributed by atoms with Crippen LogP contribution in [0.15, 0.2) is 0 Å². The van der Waals surface area contributed by atoms with Gasteiger partial charge >= 0.3 is 0 Å². The molecule has 20 heavy (non-hydrogen) atoms. The Morgan fingerprint density at radius 3 is 2.15 bits per heavy atom. The highest BCUT2D eigenvalue weighted by Crippen LogP contribution is 2.49. The van der Waals surface area contributed by atoms with Crippen molar-refractivity contribution in [2.75, 3.05) is 26.2 Å². The standard InChI is InChI=1S/C17H34N2O/c1-14(2)12-19-10-8-17(20,9-11-19)16(13-18)6-4-15(3)5-7-16/h14-15,20H,4-13,18H2,1-3H3. The molecule has 1 saturated heterocycles. The van der Waals surface area contributed by atoms with Gasteiger partial charge in [-0.1, -0.05) is 33.6 Å². The summed E-state index contributed by atoms with van der Waals surface area (Å²) in [6, 6.07) is 0. The first-order chi connectivity index (χ1) is 9.41. The summed E-state index contributed by atoms with van der Waals surface area (Å²) in [7, 11) is 0. The summed E-state index contributed by atoms with van der Waals surface area (Å²) < 4.78 is 0. The Hall–Kier alpha value is -0.120. The molecule has 0 spiro atoms. The summed E-state index contributed by atoms with van der Waals surface area (Å²) in [6.07, 6.45) is 6.51. The van der Waals surface area contributed by atoms with E-state index in [1.165, 1.54) is 12.8 Å². The van der Waals surface area contributed by atoms with Crippen molar-refractivity contribution >= 4 is 0 Å². The fourth-order valence-electron chi connectivity index (χ4n) is 4.33. The lowest BCUT2D eigenvalue weighted by Gasteiger charge is -2.53. The van der Waals surface area contributed by atoms with E-state index in [1.54, 1.807) is 0 Å². The summed E-state index contributed by atoms with van der Waals surface area (Å²) in [6.45, 7) is 10.7. The van der Waals surface area contributed by atoms with E-state index in [4.69, 9.17) is 5.73 Å². The van der Waals surface area contributed by atoms with E-state index in [-0.39, 0.29) is 5.41 Å². The lowest BCUT2D eigenvalue weighted by atomic mass is 9.58. The molecule has 118 valence electrons. The summed E-state index contributed by atoms with van der Waals surface area (Å²) in [5.41, 5.74) is 5.61. The largest absolute Gasteiger partial charge is 0.389 e. The van der Waals surface area contributed by atoms with Crippen molar-refractivity contribution in [2.24, 2.45) is 23.0 Å². The molecule has 3 heteroatoms. The van der Waals surface area contributed by atoms with Crippen molar-refractivity contribution in [2.45, 2.75) is 64.9 Å².